The van der Waals surface area contributed by atoms with E-state index in [4.69, 9.17) is 4.74 Å². The molecule has 0 radical (unpaired) electrons. The Morgan fingerprint density at radius 3 is 2.59 bits per heavy atom. The van der Waals surface area contributed by atoms with Crippen LogP contribution in [0.3, 0.4) is 0 Å². The second-order valence-corrected chi connectivity index (χ2v) is 9.85. The Kier molecular flexibility index (Phi) is 6.17. The molecule has 4 rings (SSSR count). The van der Waals surface area contributed by atoms with Crippen LogP contribution in [-0.2, 0) is 10.0 Å². The normalized spacial score (nSPS) is 18.6. The summed E-state index contributed by atoms with van der Waals surface area (Å²) in [7, 11) is -2.07. The molecule has 0 saturated carbocycles. The fourth-order valence-electron chi connectivity index (χ4n) is 4.00. The number of imidazole rings is 1. The fourth-order valence-corrected chi connectivity index (χ4v) is 5.90. The molecule has 6 nitrogen and oxygen atoms in total. The standard InChI is InChI=1S/C24H26FN3O3S/c1-17-15-27(16-26-17)23-11-6-19(14-24(23)31-3)13-22-5-4-12-28(32(22,29)30)18(2)20-7-9-21(25)10-8-20/h6-11,13-16,18H,4-5,12H2,1-3H3/b22-13+/t18-/m1/s1. The van der Waals surface area contributed by atoms with Gasteiger partial charge in [-0.15, -0.1) is 0 Å². The molecule has 1 aliphatic rings. The molecule has 32 heavy (non-hydrogen) atoms. The van der Waals surface area contributed by atoms with Gasteiger partial charge in [0.05, 0.1) is 29.7 Å². The number of ether oxygens (including phenoxy) is 1. The first kappa shape index (κ1) is 22.2. The van der Waals surface area contributed by atoms with Gasteiger partial charge in [0.25, 0.3) is 0 Å². The van der Waals surface area contributed by atoms with Gasteiger partial charge in [0.2, 0.25) is 10.0 Å². The van der Waals surface area contributed by atoms with E-state index >= 15 is 0 Å². The number of hydrogen-bond acceptors (Lipinski definition) is 4. The van der Waals surface area contributed by atoms with Crippen molar-refractivity contribution >= 4 is 16.1 Å². The highest BCUT2D eigenvalue weighted by Crippen LogP contribution is 2.35. The van der Waals surface area contributed by atoms with E-state index in [2.05, 4.69) is 4.98 Å². The Labute approximate surface area is 188 Å². The highest BCUT2D eigenvalue weighted by atomic mass is 32.2. The number of halogens is 1. The Morgan fingerprint density at radius 2 is 1.94 bits per heavy atom. The fraction of sp³-hybridized carbons (Fsp3) is 0.292. The zero-order valence-corrected chi connectivity index (χ0v) is 19.1. The van der Waals surface area contributed by atoms with Crippen molar-refractivity contribution in [1.82, 2.24) is 13.9 Å². The van der Waals surface area contributed by atoms with Crippen LogP contribution in [0, 0.1) is 12.7 Å². The molecular weight excluding hydrogens is 429 g/mol. The topological polar surface area (TPSA) is 64.4 Å². The first-order valence-corrected chi connectivity index (χ1v) is 11.9. The van der Waals surface area contributed by atoms with Crippen LogP contribution in [0.2, 0.25) is 0 Å². The minimum atomic E-state index is -3.65. The molecule has 0 bridgehead atoms. The zero-order valence-electron chi connectivity index (χ0n) is 18.3. The number of hydrogen-bond donors (Lipinski definition) is 0. The largest absolute Gasteiger partial charge is 0.495 e. The molecule has 0 spiro atoms. The molecule has 2 heterocycles. The van der Waals surface area contributed by atoms with Crippen LogP contribution in [-0.4, -0.2) is 35.9 Å². The maximum atomic E-state index is 13.4. The first-order valence-electron chi connectivity index (χ1n) is 10.5. The van der Waals surface area contributed by atoms with Crippen molar-refractivity contribution in [3.63, 3.8) is 0 Å². The molecule has 1 fully saturated rings. The SMILES string of the molecule is COc1cc(/C=C2\CCCN([C@H](C)c3ccc(F)cc3)S2(=O)=O)ccc1-n1cnc(C)c1. The van der Waals surface area contributed by atoms with E-state index in [1.165, 1.54) is 16.4 Å². The summed E-state index contributed by atoms with van der Waals surface area (Å²) in [6.45, 7) is 4.17. The maximum absolute atomic E-state index is 13.4. The molecule has 8 heteroatoms. The van der Waals surface area contributed by atoms with E-state index in [0.29, 0.717) is 23.6 Å². The molecular formula is C24H26FN3O3S. The lowest BCUT2D eigenvalue weighted by Gasteiger charge is -2.33. The average Bonchev–Trinajstić information content (AvgIpc) is 3.21. The summed E-state index contributed by atoms with van der Waals surface area (Å²) in [5.41, 5.74) is 3.23. The predicted molar refractivity (Wildman–Crippen MR) is 123 cm³/mol. The number of aryl methyl sites for hydroxylation is 1. The molecule has 1 atom stereocenters. The van der Waals surface area contributed by atoms with Crippen molar-refractivity contribution in [2.75, 3.05) is 13.7 Å². The van der Waals surface area contributed by atoms with E-state index in [-0.39, 0.29) is 11.9 Å². The second kappa shape index (κ2) is 8.88. The van der Waals surface area contributed by atoms with Gasteiger partial charge < -0.3 is 9.30 Å². The Morgan fingerprint density at radius 1 is 1.19 bits per heavy atom. The van der Waals surface area contributed by atoms with Gasteiger partial charge in [0, 0.05) is 18.8 Å². The van der Waals surface area contributed by atoms with Gasteiger partial charge in [-0.05, 0) is 68.2 Å². The van der Waals surface area contributed by atoms with Crippen molar-refractivity contribution in [1.29, 1.82) is 0 Å². The molecule has 3 aromatic rings. The average molecular weight is 456 g/mol. The van der Waals surface area contributed by atoms with E-state index in [0.717, 1.165) is 28.9 Å². The quantitative estimate of drug-likeness (QED) is 0.551. The van der Waals surface area contributed by atoms with Crippen LogP contribution in [0.25, 0.3) is 11.8 Å². The van der Waals surface area contributed by atoms with Gasteiger partial charge in [-0.2, -0.15) is 4.31 Å². The summed E-state index contributed by atoms with van der Waals surface area (Å²) in [5, 5.41) is 0. The summed E-state index contributed by atoms with van der Waals surface area (Å²) < 4.78 is 49.0. The number of rotatable bonds is 5. The summed E-state index contributed by atoms with van der Waals surface area (Å²) in [6.07, 6.45) is 6.52. The molecule has 2 aromatic carbocycles. The smallest absolute Gasteiger partial charge is 0.239 e. The summed E-state index contributed by atoms with van der Waals surface area (Å²) >= 11 is 0. The number of allylic oxidation sites excluding steroid dienone is 1. The van der Waals surface area contributed by atoms with Gasteiger partial charge in [-0.1, -0.05) is 18.2 Å². The number of methoxy groups -OCH3 is 1. The molecule has 1 aromatic heterocycles. The number of aromatic nitrogens is 2. The zero-order chi connectivity index (χ0) is 22.9. The lowest BCUT2D eigenvalue weighted by Crippen LogP contribution is -2.38. The lowest BCUT2D eigenvalue weighted by molar-refractivity contribution is 0.330. The molecule has 0 aliphatic carbocycles. The lowest BCUT2D eigenvalue weighted by atomic mass is 10.1. The Balaban J connectivity index is 1.65. The number of nitrogens with zero attached hydrogens (tertiary/aromatic N) is 3. The molecule has 0 unspecified atom stereocenters. The van der Waals surface area contributed by atoms with Gasteiger partial charge in [-0.3, -0.25) is 0 Å². The van der Waals surface area contributed by atoms with Crippen molar-refractivity contribution in [2.24, 2.45) is 0 Å². The molecule has 168 valence electrons. The molecule has 0 N–H and O–H groups in total. The monoisotopic (exact) mass is 455 g/mol. The summed E-state index contributed by atoms with van der Waals surface area (Å²) in [4.78, 5) is 4.61. The van der Waals surface area contributed by atoms with E-state index in [9.17, 15) is 12.8 Å². The summed E-state index contributed by atoms with van der Waals surface area (Å²) in [5.74, 6) is 0.285. The van der Waals surface area contributed by atoms with Crippen LogP contribution in [0.4, 0.5) is 4.39 Å². The Hall–Kier alpha value is -2.97. The van der Waals surface area contributed by atoms with Crippen molar-refractivity contribution in [3.8, 4) is 11.4 Å². The van der Waals surface area contributed by atoms with Gasteiger partial charge in [-0.25, -0.2) is 17.8 Å². The first-order chi connectivity index (χ1) is 15.3. The third-order valence-corrected chi connectivity index (χ3v) is 7.85. The van der Waals surface area contributed by atoms with Crippen LogP contribution >= 0.6 is 0 Å². The molecule has 1 saturated heterocycles. The van der Waals surface area contributed by atoms with Crippen LogP contribution in [0.15, 0.2) is 59.9 Å². The van der Waals surface area contributed by atoms with Crippen molar-refractivity contribution < 1.29 is 17.5 Å². The van der Waals surface area contributed by atoms with E-state index < -0.39 is 10.0 Å². The molecule has 0 amide bonds. The Bertz CT molecular complexity index is 1250. The van der Waals surface area contributed by atoms with Crippen molar-refractivity contribution in [3.05, 3.63) is 82.5 Å². The van der Waals surface area contributed by atoms with Gasteiger partial charge in [0.1, 0.15) is 11.6 Å². The highest BCUT2D eigenvalue weighted by molar-refractivity contribution is 7.93. The highest BCUT2D eigenvalue weighted by Gasteiger charge is 2.34. The van der Waals surface area contributed by atoms with Gasteiger partial charge >= 0.3 is 0 Å². The number of benzene rings is 2. The number of sulfonamides is 1. The minimum Gasteiger partial charge on any atom is -0.495 e. The van der Waals surface area contributed by atoms with E-state index in [1.807, 2.05) is 42.8 Å². The summed E-state index contributed by atoms with van der Waals surface area (Å²) in [6, 6.07) is 11.2. The second-order valence-electron chi connectivity index (χ2n) is 7.91. The third kappa shape index (κ3) is 4.33. The maximum Gasteiger partial charge on any atom is 0.239 e. The van der Waals surface area contributed by atoms with Crippen LogP contribution < -0.4 is 4.74 Å². The third-order valence-electron chi connectivity index (χ3n) is 5.75. The minimum absolute atomic E-state index is 0.341. The van der Waals surface area contributed by atoms with Gasteiger partial charge in [0.15, 0.2) is 0 Å². The molecule has 1 aliphatic heterocycles. The predicted octanol–water partition coefficient (Wildman–Crippen LogP) is 4.86. The van der Waals surface area contributed by atoms with Crippen LogP contribution in [0.5, 0.6) is 5.75 Å². The van der Waals surface area contributed by atoms with E-state index in [1.54, 1.807) is 31.6 Å². The van der Waals surface area contributed by atoms with Crippen molar-refractivity contribution in [2.45, 2.75) is 32.7 Å². The van der Waals surface area contributed by atoms with Crippen LogP contribution in [0.1, 0.15) is 42.6 Å².